The first-order valence-corrected chi connectivity index (χ1v) is 7.41. The van der Waals surface area contributed by atoms with Crippen LogP contribution in [0.4, 0.5) is 5.82 Å². The molecule has 0 bridgehead atoms. The molecule has 6 heteroatoms. The number of anilines is 1. The van der Waals surface area contributed by atoms with E-state index in [4.69, 9.17) is 4.74 Å². The number of aliphatic hydroxyl groups is 1. The van der Waals surface area contributed by atoms with Crippen molar-refractivity contribution in [3.05, 3.63) is 29.5 Å². The van der Waals surface area contributed by atoms with Crippen molar-refractivity contribution in [1.29, 1.82) is 0 Å². The van der Waals surface area contributed by atoms with Gasteiger partial charge in [0, 0.05) is 17.8 Å². The van der Waals surface area contributed by atoms with Gasteiger partial charge in [-0.3, -0.25) is 4.79 Å². The SMILES string of the molecule is CC(C)(C)OC(=O)/C=C/c1cnc2c(c1)C(O)C(C)(C)C(=O)N2. The summed E-state index contributed by atoms with van der Waals surface area (Å²) in [5, 5.41) is 13.1. The minimum absolute atomic E-state index is 0.276. The van der Waals surface area contributed by atoms with Gasteiger partial charge in [-0.05, 0) is 52.3 Å². The van der Waals surface area contributed by atoms with Crippen molar-refractivity contribution in [1.82, 2.24) is 4.98 Å². The summed E-state index contributed by atoms with van der Waals surface area (Å²) >= 11 is 0. The highest BCUT2D eigenvalue weighted by atomic mass is 16.6. The second-order valence-electron chi connectivity index (χ2n) is 7.15. The molecule has 1 atom stereocenters. The molecule has 2 heterocycles. The molecule has 0 saturated carbocycles. The number of nitrogens with one attached hydrogen (secondary N) is 1. The number of aromatic nitrogens is 1. The number of carbonyl (C=O) groups is 2. The fraction of sp³-hybridized carbons (Fsp3) is 0.471. The van der Waals surface area contributed by atoms with E-state index in [0.29, 0.717) is 16.9 Å². The predicted octanol–water partition coefficient (Wildman–Crippen LogP) is 2.45. The fourth-order valence-corrected chi connectivity index (χ4v) is 2.18. The molecule has 0 radical (unpaired) electrons. The Balaban J connectivity index is 2.24. The molecule has 23 heavy (non-hydrogen) atoms. The summed E-state index contributed by atoms with van der Waals surface area (Å²) in [6.45, 7) is 8.71. The van der Waals surface area contributed by atoms with Crippen LogP contribution in [-0.2, 0) is 14.3 Å². The van der Waals surface area contributed by atoms with E-state index in [1.807, 2.05) is 0 Å². The number of rotatable bonds is 2. The van der Waals surface area contributed by atoms with Gasteiger partial charge in [0.05, 0.1) is 11.5 Å². The quantitative estimate of drug-likeness (QED) is 0.646. The van der Waals surface area contributed by atoms with Crippen LogP contribution in [0, 0.1) is 5.41 Å². The lowest BCUT2D eigenvalue weighted by Gasteiger charge is -2.34. The molecule has 2 N–H and O–H groups in total. The molecular weight excluding hydrogens is 296 g/mol. The van der Waals surface area contributed by atoms with Gasteiger partial charge in [0.1, 0.15) is 11.4 Å². The number of nitrogens with zero attached hydrogens (tertiary/aromatic N) is 1. The van der Waals surface area contributed by atoms with Gasteiger partial charge in [0.25, 0.3) is 0 Å². The van der Waals surface area contributed by atoms with Crippen molar-refractivity contribution < 1.29 is 19.4 Å². The highest BCUT2D eigenvalue weighted by Gasteiger charge is 2.42. The third-order valence-electron chi connectivity index (χ3n) is 3.55. The normalized spacial score (nSPS) is 20.1. The smallest absolute Gasteiger partial charge is 0.331 e. The van der Waals surface area contributed by atoms with Gasteiger partial charge in [-0.1, -0.05) is 0 Å². The van der Waals surface area contributed by atoms with Crippen LogP contribution in [0.1, 0.15) is 51.8 Å². The van der Waals surface area contributed by atoms with E-state index in [1.54, 1.807) is 46.8 Å². The van der Waals surface area contributed by atoms with E-state index >= 15 is 0 Å². The molecule has 1 unspecified atom stereocenters. The molecule has 1 aromatic heterocycles. The van der Waals surface area contributed by atoms with E-state index in [2.05, 4.69) is 10.3 Å². The van der Waals surface area contributed by atoms with Crippen LogP contribution in [-0.4, -0.2) is 27.6 Å². The molecule has 0 saturated heterocycles. The van der Waals surface area contributed by atoms with Gasteiger partial charge in [0.2, 0.25) is 5.91 Å². The Labute approximate surface area is 135 Å². The molecule has 0 spiro atoms. The molecule has 1 amide bonds. The standard InChI is InChI=1S/C17H22N2O4/c1-16(2,3)23-12(20)7-6-10-8-11-13(21)17(4,5)15(22)19-14(11)18-9-10/h6-9,13,21H,1-5H3,(H,18,19,22)/b7-6+. The molecule has 2 rings (SSSR count). The number of pyridine rings is 1. The zero-order chi connectivity index (χ0) is 17.4. The van der Waals surface area contributed by atoms with E-state index in [9.17, 15) is 14.7 Å². The fourth-order valence-electron chi connectivity index (χ4n) is 2.18. The highest BCUT2D eigenvalue weighted by Crippen LogP contribution is 2.41. The Morgan fingerprint density at radius 1 is 1.43 bits per heavy atom. The number of amides is 1. The zero-order valence-corrected chi connectivity index (χ0v) is 14.0. The molecule has 1 aliphatic heterocycles. The first kappa shape index (κ1) is 17.1. The van der Waals surface area contributed by atoms with Gasteiger partial charge >= 0.3 is 5.97 Å². The molecule has 0 fully saturated rings. The third-order valence-corrected chi connectivity index (χ3v) is 3.55. The van der Waals surface area contributed by atoms with Gasteiger partial charge in [-0.15, -0.1) is 0 Å². The van der Waals surface area contributed by atoms with E-state index in [0.717, 1.165) is 0 Å². The van der Waals surface area contributed by atoms with Crippen LogP contribution in [0.3, 0.4) is 0 Å². The Morgan fingerprint density at radius 3 is 2.70 bits per heavy atom. The minimum Gasteiger partial charge on any atom is -0.457 e. The second-order valence-corrected chi connectivity index (χ2v) is 7.15. The van der Waals surface area contributed by atoms with Crippen LogP contribution < -0.4 is 5.32 Å². The second kappa shape index (κ2) is 5.77. The number of aliphatic hydroxyl groups excluding tert-OH is 1. The van der Waals surface area contributed by atoms with E-state index in [1.165, 1.54) is 12.3 Å². The van der Waals surface area contributed by atoms with E-state index in [-0.39, 0.29) is 5.91 Å². The summed E-state index contributed by atoms with van der Waals surface area (Å²) in [5.41, 5.74) is -0.330. The van der Waals surface area contributed by atoms with Crippen LogP contribution >= 0.6 is 0 Å². The maximum atomic E-state index is 11.9. The first-order valence-electron chi connectivity index (χ1n) is 7.41. The Bertz CT molecular complexity index is 672. The lowest BCUT2D eigenvalue weighted by molar-refractivity contribution is -0.148. The van der Waals surface area contributed by atoms with Crippen LogP contribution in [0.25, 0.3) is 6.08 Å². The highest BCUT2D eigenvalue weighted by molar-refractivity contribution is 5.97. The predicted molar refractivity (Wildman–Crippen MR) is 86.5 cm³/mol. The molecule has 1 aliphatic rings. The van der Waals surface area contributed by atoms with Gasteiger partial charge in [-0.2, -0.15) is 0 Å². The van der Waals surface area contributed by atoms with E-state index < -0.39 is 23.1 Å². The maximum Gasteiger partial charge on any atom is 0.331 e. The topological polar surface area (TPSA) is 88.5 Å². The van der Waals surface area contributed by atoms with Crippen molar-refractivity contribution in [3.8, 4) is 0 Å². The average molecular weight is 318 g/mol. The molecular formula is C17H22N2O4. The van der Waals surface area contributed by atoms with Crippen molar-refractivity contribution in [2.45, 2.75) is 46.3 Å². The van der Waals surface area contributed by atoms with Crippen molar-refractivity contribution in [3.63, 3.8) is 0 Å². The summed E-state index contributed by atoms with van der Waals surface area (Å²) in [6, 6.07) is 1.70. The maximum absolute atomic E-state index is 11.9. The van der Waals surface area contributed by atoms with Gasteiger partial charge in [-0.25, -0.2) is 9.78 Å². The number of ether oxygens (including phenoxy) is 1. The number of esters is 1. The number of carbonyl (C=O) groups excluding carboxylic acids is 2. The first-order chi connectivity index (χ1) is 10.5. The van der Waals surface area contributed by atoms with Crippen molar-refractivity contribution in [2.75, 3.05) is 5.32 Å². The van der Waals surface area contributed by atoms with Crippen molar-refractivity contribution in [2.24, 2.45) is 5.41 Å². The Hall–Kier alpha value is -2.21. The number of fused-ring (bicyclic) bond motifs is 1. The summed E-state index contributed by atoms with van der Waals surface area (Å²) < 4.78 is 5.19. The Kier molecular flexibility index (Phi) is 4.30. The number of hydrogen-bond donors (Lipinski definition) is 2. The minimum atomic E-state index is -0.964. The monoisotopic (exact) mass is 318 g/mol. The number of hydrogen-bond acceptors (Lipinski definition) is 5. The molecule has 1 aromatic rings. The molecule has 0 aromatic carbocycles. The van der Waals surface area contributed by atoms with Crippen molar-refractivity contribution >= 4 is 23.8 Å². The van der Waals surface area contributed by atoms with Gasteiger partial charge < -0.3 is 15.2 Å². The summed E-state index contributed by atoms with van der Waals surface area (Å²) in [6.07, 6.45) is 3.43. The largest absolute Gasteiger partial charge is 0.457 e. The lowest BCUT2D eigenvalue weighted by atomic mass is 9.79. The van der Waals surface area contributed by atoms with Crippen LogP contribution in [0.15, 0.2) is 18.3 Å². The van der Waals surface area contributed by atoms with Crippen LogP contribution in [0.2, 0.25) is 0 Å². The summed E-state index contributed by atoms with van der Waals surface area (Å²) in [7, 11) is 0. The van der Waals surface area contributed by atoms with Crippen LogP contribution in [0.5, 0.6) is 0 Å². The zero-order valence-electron chi connectivity index (χ0n) is 14.0. The summed E-state index contributed by atoms with van der Waals surface area (Å²) in [5.74, 6) is -0.386. The third kappa shape index (κ3) is 3.76. The molecule has 124 valence electrons. The molecule has 6 nitrogen and oxygen atoms in total. The lowest BCUT2D eigenvalue weighted by Crippen LogP contribution is -2.41. The molecule has 0 aliphatic carbocycles. The van der Waals surface area contributed by atoms with Gasteiger partial charge in [0.15, 0.2) is 0 Å². The average Bonchev–Trinajstić information content (AvgIpc) is 2.42. The Morgan fingerprint density at radius 2 is 2.09 bits per heavy atom. The summed E-state index contributed by atoms with van der Waals surface area (Å²) in [4.78, 5) is 27.8.